The van der Waals surface area contributed by atoms with E-state index in [1.54, 1.807) is 0 Å². The summed E-state index contributed by atoms with van der Waals surface area (Å²) in [5.74, 6) is -3.99. The second kappa shape index (κ2) is 5.53. The quantitative estimate of drug-likeness (QED) is 0.434. The topological polar surface area (TPSA) is 35.5 Å². The minimum atomic E-state index is -4.98. The number of hydrogen-bond acceptors (Lipinski definition) is 3. The van der Waals surface area contributed by atoms with E-state index in [0.717, 1.165) is 0 Å². The number of rotatable bonds is 4. The summed E-state index contributed by atoms with van der Waals surface area (Å²) in [5.41, 5.74) is 0. The molecule has 16 heavy (non-hydrogen) atoms. The molecule has 0 heterocycles. The van der Waals surface area contributed by atoms with Gasteiger partial charge in [0.1, 0.15) is 19.1 Å². The highest BCUT2D eigenvalue weighted by Gasteiger charge is 2.43. The first-order valence-electron chi connectivity index (χ1n) is 3.90. The molecule has 0 radical (unpaired) electrons. The third kappa shape index (κ3) is 7.84. The first-order chi connectivity index (χ1) is 7.16. The molecular weight excluding hydrogens is 239 g/mol. The molecule has 0 aromatic carbocycles. The standard InChI is InChI=1S/C8H7F5O3/c1-2-15-6(14)16-4-3-7(9,10)5-8(11,12)13/h1H,3-5H2. The number of carbonyl (C=O) groups is 1. The van der Waals surface area contributed by atoms with Gasteiger partial charge in [0.05, 0.1) is 0 Å². The fraction of sp³-hybridized carbons (Fsp3) is 0.625. The van der Waals surface area contributed by atoms with Crippen molar-refractivity contribution in [3.8, 4) is 12.5 Å². The lowest BCUT2D eigenvalue weighted by Crippen LogP contribution is -2.27. The predicted molar refractivity (Wildman–Crippen MR) is 41.5 cm³/mol. The minimum absolute atomic E-state index is 0.913. The van der Waals surface area contributed by atoms with Crippen LogP contribution in [0.1, 0.15) is 12.8 Å². The van der Waals surface area contributed by atoms with Crippen molar-refractivity contribution >= 4 is 6.16 Å². The molecule has 0 aliphatic carbocycles. The van der Waals surface area contributed by atoms with Gasteiger partial charge < -0.3 is 9.47 Å². The molecule has 0 atom stereocenters. The van der Waals surface area contributed by atoms with E-state index in [1.165, 1.54) is 6.11 Å². The molecule has 0 rings (SSSR count). The van der Waals surface area contributed by atoms with Crippen molar-refractivity contribution in [2.45, 2.75) is 24.9 Å². The molecule has 3 nitrogen and oxygen atoms in total. The molecule has 0 saturated heterocycles. The van der Waals surface area contributed by atoms with Gasteiger partial charge in [0.2, 0.25) is 0 Å². The number of halogens is 5. The van der Waals surface area contributed by atoms with Crippen LogP contribution >= 0.6 is 0 Å². The van der Waals surface area contributed by atoms with E-state index in [9.17, 15) is 26.7 Å². The van der Waals surface area contributed by atoms with Crippen LogP contribution in [0.2, 0.25) is 0 Å². The maximum Gasteiger partial charge on any atom is 0.522 e. The SMILES string of the molecule is C#COC(=O)OCCC(F)(F)CC(F)(F)F. The molecule has 92 valence electrons. The number of carbonyl (C=O) groups excluding carboxylic acids is 1. The Morgan fingerprint density at radius 3 is 2.25 bits per heavy atom. The second-order valence-electron chi connectivity index (χ2n) is 2.72. The lowest BCUT2D eigenvalue weighted by atomic mass is 10.2. The van der Waals surface area contributed by atoms with Gasteiger partial charge in [0.25, 0.3) is 5.92 Å². The van der Waals surface area contributed by atoms with Gasteiger partial charge in [0.15, 0.2) is 0 Å². The zero-order valence-electron chi connectivity index (χ0n) is 7.81. The van der Waals surface area contributed by atoms with Crippen molar-refractivity contribution in [2.75, 3.05) is 6.61 Å². The zero-order valence-corrected chi connectivity index (χ0v) is 7.81. The third-order valence-electron chi connectivity index (χ3n) is 1.29. The van der Waals surface area contributed by atoms with Crippen molar-refractivity contribution in [3.63, 3.8) is 0 Å². The molecule has 0 aliphatic rings. The Morgan fingerprint density at radius 1 is 1.25 bits per heavy atom. The van der Waals surface area contributed by atoms with Gasteiger partial charge in [-0.1, -0.05) is 6.42 Å². The lowest BCUT2D eigenvalue weighted by molar-refractivity contribution is -0.190. The van der Waals surface area contributed by atoms with Gasteiger partial charge in [-0.15, -0.1) is 0 Å². The Labute approximate surface area is 87.5 Å². The highest BCUT2D eigenvalue weighted by Crippen LogP contribution is 2.33. The largest absolute Gasteiger partial charge is 0.522 e. The van der Waals surface area contributed by atoms with E-state index in [0.29, 0.717) is 0 Å². The van der Waals surface area contributed by atoms with Crippen LogP contribution < -0.4 is 0 Å². The van der Waals surface area contributed by atoms with Gasteiger partial charge >= 0.3 is 12.3 Å². The average molecular weight is 246 g/mol. The van der Waals surface area contributed by atoms with Crippen molar-refractivity contribution in [1.29, 1.82) is 0 Å². The summed E-state index contributed by atoms with van der Waals surface area (Å²) < 4.78 is 67.7. The second-order valence-corrected chi connectivity index (χ2v) is 2.72. The van der Waals surface area contributed by atoms with E-state index in [4.69, 9.17) is 0 Å². The smallest absolute Gasteiger partial charge is 0.433 e. The Kier molecular flexibility index (Phi) is 5.01. The van der Waals surface area contributed by atoms with Crippen molar-refractivity contribution in [2.24, 2.45) is 0 Å². The highest BCUT2D eigenvalue weighted by molar-refractivity contribution is 5.61. The fourth-order valence-electron chi connectivity index (χ4n) is 0.743. The van der Waals surface area contributed by atoms with E-state index < -0.39 is 37.7 Å². The van der Waals surface area contributed by atoms with Crippen LogP contribution in [0.4, 0.5) is 26.7 Å². The predicted octanol–water partition coefficient (Wildman–Crippen LogP) is 2.71. The molecule has 0 unspecified atom stereocenters. The molecule has 0 saturated carbocycles. The molecule has 0 spiro atoms. The molecular formula is C8H7F5O3. The summed E-state index contributed by atoms with van der Waals surface area (Å²) in [4.78, 5) is 10.4. The third-order valence-corrected chi connectivity index (χ3v) is 1.29. The maximum atomic E-state index is 12.6. The van der Waals surface area contributed by atoms with Crippen molar-refractivity contribution in [3.05, 3.63) is 0 Å². The van der Waals surface area contributed by atoms with Crippen LogP contribution in [-0.4, -0.2) is 24.9 Å². The van der Waals surface area contributed by atoms with E-state index in [2.05, 4.69) is 15.9 Å². The molecule has 0 N–H and O–H groups in total. The number of hydrogen-bond donors (Lipinski definition) is 0. The molecule has 0 amide bonds. The van der Waals surface area contributed by atoms with Gasteiger partial charge in [-0.05, 0) is 0 Å². The summed E-state index contributed by atoms with van der Waals surface area (Å²) in [5, 5.41) is 0. The Bertz CT molecular complexity index is 278. The Morgan fingerprint density at radius 2 is 1.81 bits per heavy atom. The summed E-state index contributed by atoms with van der Waals surface area (Å²) in [6, 6.07) is 0. The fourth-order valence-corrected chi connectivity index (χ4v) is 0.743. The average Bonchev–Trinajstić information content (AvgIpc) is 1.98. The van der Waals surface area contributed by atoms with Crippen LogP contribution in [0.5, 0.6) is 0 Å². The molecule has 0 aliphatic heterocycles. The molecule has 0 bridgehead atoms. The van der Waals surface area contributed by atoms with Crippen LogP contribution in [0.25, 0.3) is 0 Å². The minimum Gasteiger partial charge on any atom is -0.433 e. The van der Waals surface area contributed by atoms with Crippen molar-refractivity contribution < 1.29 is 36.2 Å². The zero-order chi connectivity index (χ0) is 12.8. The normalized spacial score (nSPS) is 11.8. The van der Waals surface area contributed by atoms with Crippen LogP contribution in [0, 0.1) is 12.5 Å². The monoisotopic (exact) mass is 246 g/mol. The number of alkyl halides is 5. The Hall–Kier alpha value is -1.52. The summed E-state index contributed by atoms with van der Waals surface area (Å²) in [6.07, 6.45) is -4.01. The molecule has 0 aromatic rings. The first-order valence-corrected chi connectivity index (χ1v) is 3.90. The first kappa shape index (κ1) is 14.5. The highest BCUT2D eigenvalue weighted by atomic mass is 19.4. The molecule has 0 aromatic heterocycles. The Balaban J connectivity index is 3.92. The summed E-state index contributed by atoms with van der Waals surface area (Å²) >= 11 is 0. The maximum absolute atomic E-state index is 12.6. The van der Waals surface area contributed by atoms with E-state index >= 15 is 0 Å². The number of ether oxygens (including phenoxy) is 2. The molecule has 8 heteroatoms. The van der Waals surface area contributed by atoms with Crippen molar-refractivity contribution in [1.82, 2.24) is 0 Å². The van der Waals surface area contributed by atoms with Crippen LogP contribution in [-0.2, 0) is 9.47 Å². The summed E-state index contributed by atoms with van der Waals surface area (Å²) in [7, 11) is 0. The number of terminal acetylenes is 1. The summed E-state index contributed by atoms with van der Waals surface area (Å²) in [6.45, 7) is -0.913. The lowest BCUT2D eigenvalue weighted by Gasteiger charge is -2.17. The van der Waals surface area contributed by atoms with Crippen LogP contribution in [0.15, 0.2) is 0 Å². The van der Waals surface area contributed by atoms with Crippen LogP contribution in [0.3, 0.4) is 0 Å². The van der Waals surface area contributed by atoms with Gasteiger partial charge in [-0.2, -0.15) is 13.2 Å². The van der Waals surface area contributed by atoms with E-state index in [-0.39, 0.29) is 0 Å². The van der Waals surface area contributed by atoms with Gasteiger partial charge in [-0.25, -0.2) is 13.6 Å². The molecule has 0 fully saturated rings. The van der Waals surface area contributed by atoms with Gasteiger partial charge in [0, 0.05) is 6.42 Å². The van der Waals surface area contributed by atoms with Gasteiger partial charge in [-0.3, -0.25) is 0 Å². The van der Waals surface area contributed by atoms with E-state index in [1.807, 2.05) is 0 Å².